The topological polar surface area (TPSA) is 74.8 Å². The summed E-state index contributed by atoms with van der Waals surface area (Å²) in [7, 11) is 0. The highest BCUT2D eigenvalue weighted by molar-refractivity contribution is 5.82. The molecule has 4 rings (SSSR count). The van der Waals surface area contributed by atoms with Gasteiger partial charge in [0.2, 0.25) is 0 Å². The molecule has 0 spiro atoms. The van der Waals surface area contributed by atoms with Gasteiger partial charge in [0.05, 0.1) is 24.8 Å². The van der Waals surface area contributed by atoms with Crippen LogP contribution < -0.4 is 10.6 Å². The molecule has 6 heteroatoms. The molecule has 2 aliphatic rings. The Morgan fingerprint density at radius 1 is 1.23 bits per heavy atom. The summed E-state index contributed by atoms with van der Waals surface area (Å²) in [5.41, 5.74) is 9.56. The molecule has 2 aliphatic heterocycles. The van der Waals surface area contributed by atoms with Crippen molar-refractivity contribution in [1.82, 2.24) is 9.88 Å². The van der Waals surface area contributed by atoms with Gasteiger partial charge in [-0.3, -0.25) is 4.90 Å². The molecule has 0 bridgehead atoms. The molecule has 140 valence electrons. The first kappa shape index (κ1) is 17.7. The first-order valence-electron chi connectivity index (χ1n) is 9.47. The Bertz CT molecular complexity index is 766. The van der Waals surface area contributed by atoms with E-state index in [1.807, 2.05) is 0 Å². The van der Waals surface area contributed by atoms with E-state index in [0.717, 1.165) is 56.1 Å². The summed E-state index contributed by atoms with van der Waals surface area (Å²) in [6, 6.07) is 8.69. The van der Waals surface area contributed by atoms with Crippen molar-refractivity contribution in [2.45, 2.75) is 32.0 Å². The highest BCUT2D eigenvalue weighted by Gasteiger charge is 2.25. The van der Waals surface area contributed by atoms with Gasteiger partial charge in [-0.25, -0.2) is 4.98 Å². The van der Waals surface area contributed by atoms with Crippen molar-refractivity contribution < 1.29 is 9.84 Å². The molecule has 0 saturated carbocycles. The molecule has 1 aromatic carbocycles. The van der Waals surface area contributed by atoms with Gasteiger partial charge in [-0.1, -0.05) is 12.1 Å². The van der Waals surface area contributed by atoms with Gasteiger partial charge >= 0.3 is 0 Å². The molecule has 2 aromatic rings. The summed E-state index contributed by atoms with van der Waals surface area (Å²) < 4.78 is 5.52. The van der Waals surface area contributed by atoms with E-state index in [4.69, 9.17) is 15.5 Å². The van der Waals surface area contributed by atoms with Crippen molar-refractivity contribution in [1.29, 1.82) is 0 Å². The summed E-state index contributed by atoms with van der Waals surface area (Å²) in [6.45, 7) is 7.53. The van der Waals surface area contributed by atoms with Gasteiger partial charge in [-0.2, -0.15) is 0 Å². The normalized spacial score (nSPS) is 25.0. The van der Waals surface area contributed by atoms with Gasteiger partial charge in [0, 0.05) is 49.7 Å². The predicted octanol–water partition coefficient (Wildman–Crippen LogP) is 1.27. The van der Waals surface area contributed by atoms with E-state index in [2.05, 4.69) is 41.0 Å². The largest absolute Gasteiger partial charge is 0.392 e. The van der Waals surface area contributed by atoms with Gasteiger partial charge in [0.1, 0.15) is 5.82 Å². The van der Waals surface area contributed by atoms with Crippen molar-refractivity contribution in [3.63, 3.8) is 0 Å². The number of β-amino-alcohol motifs (C(OH)–C–C–N with tert-alkyl or cyclic N) is 1. The van der Waals surface area contributed by atoms with Crippen LogP contribution >= 0.6 is 0 Å². The number of aryl methyl sites for hydroxylation is 1. The number of aliphatic hydroxyl groups is 1. The number of aliphatic hydroxyl groups excluding tert-OH is 1. The molecule has 2 fully saturated rings. The minimum atomic E-state index is -0.346. The number of aromatic nitrogens is 1. The van der Waals surface area contributed by atoms with Gasteiger partial charge in [0.25, 0.3) is 0 Å². The number of likely N-dealkylation sites (tertiary alicyclic amines) is 1. The number of ether oxygens (including phenoxy) is 1. The van der Waals surface area contributed by atoms with Crippen LogP contribution in [0.15, 0.2) is 24.3 Å². The Hall–Kier alpha value is -1.73. The Balaban J connectivity index is 1.69. The van der Waals surface area contributed by atoms with Crippen molar-refractivity contribution in [3.05, 3.63) is 35.4 Å². The highest BCUT2D eigenvalue weighted by atomic mass is 16.5. The van der Waals surface area contributed by atoms with Crippen molar-refractivity contribution in [3.8, 4) is 0 Å². The summed E-state index contributed by atoms with van der Waals surface area (Å²) in [5.74, 6) is 1.04. The number of pyridine rings is 1. The second-order valence-electron chi connectivity index (χ2n) is 7.61. The smallest absolute Gasteiger partial charge is 0.133 e. The molecule has 2 saturated heterocycles. The number of morpholine rings is 1. The number of fused-ring (bicyclic) bond motifs is 1. The SMILES string of the molecule is Cc1ccc2cc(CN3C[C@@H](N)C[C@@H](O)C3)c(N3CCOCC3)nc2c1. The van der Waals surface area contributed by atoms with Crippen molar-refractivity contribution in [2.24, 2.45) is 5.73 Å². The van der Waals surface area contributed by atoms with E-state index in [0.29, 0.717) is 13.0 Å². The van der Waals surface area contributed by atoms with Crippen LogP contribution in [0.1, 0.15) is 17.5 Å². The zero-order valence-corrected chi connectivity index (χ0v) is 15.4. The molecule has 2 atom stereocenters. The molecular formula is C20H28N4O2. The molecule has 3 N–H and O–H groups in total. The molecule has 3 heterocycles. The summed E-state index contributed by atoms with van der Waals surface area (Å²) in [4.78, 5) is 9.58. The maximum atomic E-state index is 10.1. The van der Waals surface area contributed by atoms with Crippen LogP contribution in [0.3, 0.4) is 0 Å². The van der Waals surface area contributed by atoms with Crippen LogP contribution in [0.5, 0.6) is 0 Å². The standard InChI is InChI=1S/C20H28N4O2/c1-14-2-3-15-9-16(11-23-12-17(21)10-18(25)13-23)20(22-19(15)8-14)24-4-6-26-7-5-24/h2-3,8-9,17-18,25H,4-7,10-13,21H2,1H3/t17-,18+/m0/s1. The first-order chi connectivity index (χ1) is 12.6. The van der Waals surface area contributed by atoms with E-state index >= 15 is 0 Å². The molecule has 6 nitrogen and oxygen atoms in total. The lowest BCUT2D eigenvalue weighted by atomic mass is 10.0. The quantitative estimate of drug-likeness (QED) is 0.863. The summed E-state index contributed by atoms with van der Waals surface area (Å²) in [6.07, 6.45) is 0.337. The van der Waals surface area contributed by atoms with E-state index < -0.39 is 0 Å². The second kappa shape index (κ2) is 7.48. The molecular weight excluding hydrogens is 328 g/mol. The Morgan fingerprint density at radius 2 is 2.04 bits per heavy atom. The molecule has 26 heavy (non-hydrogen) atoms. The number of hydrogen-bond donors (Lipinski definition) is 2. The van der Waals surface area contributed by atoms with Gasteiger partial charge in [-0.15, -0.1) is 0 Å². The maximum absolute atomic E-state index is 10.1. The average molecular weight is 356 g/mol. The fraction of sp³-hybridized carbons (Fsp3) is 0.550. The van der Waals surface area contributed by atoms with Crippen LogP contribution in [0.2, 0.25) is 0 Å². The van der Waals surface area contributed by atoms with E-state index in [1.165, 1.54) is 11.1 Å². The molecule has 1 aromatic heterocycles. The first-order valence-corrected chi connectivity index (χ1v) is 9.47. The van der Waals surface area contributed by atoms with E-state index in [-0.39, 0.29) is 12.1 Å². The zero-order valence-electron chi connectivity index (χ0n) is 15.4. The fourth-order valence-corrected chi connectivity index (χ4v) is 4.05. The van der Waals surface area contributed by atoms with Crippen LogP contribution in [-0.4, -0.2) is 66.5 Å². The van der Waals surface area contributed by atoms with Gasteiger partial charge in [-0.05, 0) is 31.0 Å². The number of nitrogens with two attached hydrogens (primary N) is 1. The minimum absolute atomic E-state index is 0.0293. The summed E-state index contributed by atoms with van der Waals surface area (Å²) >= 11 is 0. The molecule has 0 unspecified atom stereocenters. The molecule has 0 aliphatic carbocycles. The Morgan fingerprint density at radius 3 is 2.81 bits per heavy atom. The zero-order chi connectivity index (χ0) is 18.1. The number of hydrogen-bond acceptors (Lipinski definition) is 6. The monoisotopic (exact) mass is 356 g/mol. The maximum Gasteiger partial charge on any atom is 0.133 e. The van der Waals surface area contributed by atoms with E-state index in [9.17, 15) is 5.11 Å². The number of nitrogens with zero attached hydrogens (tertiary/aromatic N) is 3. The van der Waals surface area contributed by atoms with Gasteiger partial charge < -0.3 is 20.5 Å². The third-order valence-electron chi connectivity index (χ3n) is 5.27. The second-order valence-corrected chi connectivity index (χ2v) is 7.61. The predicted molar refractivity (Wildman–Crippen MR) is 103 cm³/mol. The molecule has 0 amide bonds. The Kier molecular flexibility index (Phi) is 5.09. The lowest BCUT2D eigenvalue weighted by molar-refractivity contribution is 0.0564. The number of anilines is 1. The average Bonchev–Trinajstić information content (AvgIpc) is 2.61. The van der Waals surface area contributed by atoms with Gasteiger partial charge in [0.15, 0.2) is 0 Å². The summed E-state index contributed by atoms with van der Waals surface area (Å²) in [5, 5.41) is 11.2. The van der Waals surface area contributed by atoms with Crippen molar-refractivity contribution >= 4 is 16.7 Å². The van der Waals surface area contributed by atoms with E-state index in [1.54, 1.807) is 0 Å². The number of piperidine rings is 1. The number of rotatable bonds is 3. The number of benzene rings is 1. The lowest BCUT2D eigenvalue weighted by Gasteiger charge is -2.35. The highest BCUT2D eigenvalue weighted by Crippen LogP contribution is 2.27. The lowest BCUT2D eigenvalue weighted by Crippen LogP contribution is -2.48. The third-order valence-corrected chi connectivity index (χ3v) is 5.27. The van der Waals surface area contributed by atoms with Crippen LogP contribution in [0, 0.1) is 6.92 Å². The molecule has 0 radical (unpaired) electrons. The Labute approximate surface area is 154 Å². The van der Waals surface area contributed by atoms with Crippen LogP contribution in [-0.2, 0) is 11.3 Å². The fourth-order valence-electron chi connectivity index (χ4n) is 4.05. The third kappa shape index (κ3) is 3.83. The minimum Gasteiger partial charge on any atom is -0.392 e. The van der Waals surface area contributed by atoms with Crippen LogP contribution in [0.4, 0.5) is 5.82 Å². The van der Waals surface area contributed by atoms with Crippen LogP contribution in [0.25, 0.3) is 10.9 Å². The van der Waals surface area contributed by atoms with Crippen molar-refractivity contribution in [2.75, 3.05) is 44.3 Å².